The van der Waals surface area contributed by atoms with E-state index in [-0.39, 0.29) is 26.6 Å². The molecule has 0 bridgehead atoms. The molecule has 22 heavy (non-hydrogen) atoms. The fourth-order valence-electron chi connectivity index (χ4n) is 1.66. The molecule has 0 saturated carbocycles. The summed E-state index contributed by atoms with van der Waals surface area (Å²) in [5.74, 6) is -0.784. The molecule has 0 unspecified atom stereocenters. The van der Waals surface area contributed by atoms with Gasteiger partial charge in [-0.25, -0.2) is 9.78 Å². The number of hydrogen-bond donors (Lipinski definition) is 1. The lowest BCUT2D eigenvalue weighted by atomic mass is 10.1. The number of benzene rings is 1. The van der Waals surface area contributed by atoms with Crippen LogP contribution in [0.1, 0.15) is 16.1 Å². The Morgan fingerprint density at radius 1 is 1.36 bits per heavy atom. The van der Waals surface area contributed by atoms with Crippen LogP contribution in [0.25, 0.3) is 11.4 Å². The smallest absolute Gasteiger partial charge is 0.433 e. The first-order valence-electron chi connectivity index (χ1n) is 5.55. The molecule has 0 spiro atoms. The van der Waals surface area contributed by atoms with Gasteiger partial charge in [-0.15, -0.1) is 0 Å². The maximum Gasteiger partial charge on any atom is 0.433 e. The van der Waals surface area contributed by atoms with Crippen LogP contribution >= 0.6 is 43.5 Å². The van der Waals surface area contributed by atoms with Crippen molar-refractivity contribution in [2.45, 2.75) is 6.18 Å². The summed E-state index contributed by atoms with van der Waals surface area (Å²) in [4.78, 5) is 17.6. The van der Waals surface area contributed by atoms with Gasteiger partial charge in [0.25, 0.3) is 0 Å². The predicted octanol–water partition coefficient (Wildman–Crippen LogP) is 5.06. The van der Waals surface area contributed by atoms with Crippen molar-refractivity contribution < 1.29 is 22.7 Å². The third-order valence-electron chi connectivity index (χ3n) is 2.66. The van der Waals surface area contributed by atoms with Crippen molar-refractivity contribution in [3.63, 3.8) is 0 Å². The maximum absolute atomic E-state index is 12.8. The molecule has 0 atom stereocenters. The summed E-state index contributed by atoms with van der Waals surface area (Å²) in [6.45, 7) is 0. The Bertz CT molecular complexity index is 747. The average molecular weight is 462 g/mol. The number of nitrogens with zero attached hydrogens (tertiary/aromatic N) is 1. The molecule has 118 valence electrons. The highest BCUT2D eigenvalue weighted by Crippen LogP contribution is 2.37. The van der Waals surface area contributed by atoms with Gasteiger partial charge in [-0.1, -0.05) is 11.6 Å². The minimum atomic E-state index is -4.59. The Balaban J connectivity index is 2.60. The zero-order valence-corrected chi connectivity index (χ0v) is 14.6. The monoisotopic (exact) mass is 460 g/mol. The highest BCUT2D eigenvalue weighted by atomic mass is 79.9. The van der Waals surface area contributed by atoms with Crippen molar-refractivity contribution in [3.05, 3.63) is 37.5 Å². The number of nitrogens with one attached hydrogen (secondary N) is 1. The van der Waals surface area contributed by atoms with Gasteiger partial charge in [-0.2, -0.15) is 13.2 Å². The van der Waals surface area contributed by atoms with E-state index in [1.54, 1.807) is 0 Å². The number of rotatable bonds is 2. The Hall–Kier alpha value is -1.06. The van der Waals surface area contributed by atoms with Gasteiger partial charge < -0.3 is 9.72 Å². The molecule has 0 aliphatic heterocycles. The van der Waals surface area contributed by atoms with E-state index in [9.17, 15) is 18.0 Å². The number of hydrogen-bond acceptors (Lipinski definition) is 3. The lowest BCUT2D eigenvalue weighted by Gasteiger charge is -2.07. The van der Waals surface area contributed by atoms with Crippen molar-refractivity contribution in [2.24, 2.45) is 0 Å². The highest BCUT2D eigenvalue weighted by molar-refractivity contribution is 9.10. The molecule has 1 aromatic heterocycles. The quantitative estimate of drug-likeness (QED) is 0.635. The number of halogens is 6. The van der Waals surface area contributed by atoms with Crippen LogP contribution in [0.4, 0.5) is 13.2 Å². The van der Waals surface area contributed by atoms with Crippen molar-refractivity contribution >= 4 is 49.4 Å². The number of carbonyl (C=O) groups is 1. The van der Waals surface area contributed by atoms with Gasteiger partial charge in [-0.05, 0) is 44.0 Å². The summed E-state index contributed by atoms with van der Waals surface area (Å²) in [5, 5.41) is 0.101. The van der Waals surface area contributed by atoms with Crippen LogP contribution in [-0.4, -0.2) is 23.0 Å². The first-order valence-corrected chi connectivity index (χ1v) is 7.52. The van der Waals surface area contributed by atoms with E-state index in [2.05, 4.69) is 46.6 Å². The normalized spacial score (nSPS) is 11.6. The summed E-state index contributed by atoms with van der Waals surface area (Å²) in [5.41, 5.74) is -0.770. The molecule has 0 radical (unpaired) electrons. The van der Waals surface area contributed by atoms with Gasteiger partial charge in [0.1, 0.15) is 10.4 Å². The number of methoxy groups -OCH3 is 1. The molecule has 0 amide bonds. The predicted molar refractivity (Wildman–Crippen MR) is 80.8 cm³/mol. The van der Waals surface area contributed by atoms with Crippen molar-refractivity contribution in [2.75, 3.05) is 7.11 Å². The fraction of sp³-hybridized carbons (Fsp3) is 0.167. The van der Waals surface area contributed by atoms with Crippen LogP contribution in [0.3, 0.4) is 0 Å². The van der Waals surface area contributed by atoms with Crippen molar-refractivity contribution in [1.82, 2.24) is 9.97 Å². The first kappa shape index (κ1) is 17.3. The molecule has 0 fully saturated rings. The lowest BCUT2D eigenvalue weighted by molar-refractivity contribution is -0.141. The van der Waals surface area contributed by atoms with Crippen molar-refractivity contribution in [1.29, 1.82) is 0 Å². The number of carbonyl (C=O) groups excluding carboxylic acids is 1. The van der Waals surface area contributed by atoms with Crippen LogP contribution in [0, 0.1) is 0 Å². The van der Waals surface area contributed by atoms with Crippen LogP contribution in [0.5, 0.6) is 0 Å². The van der Waals surface area contributed by atoms with Gasteiger partial charge in [-0.3, -0.25) is 0 Å². The van der Waals surface area contributed by atoms with Gasteiger partial charge in [0.05, 0.1) is 17.7 Å². The molecule has 1 heterocycles. The largest absolute Gasteiger partial charge is 0.465 e. The number of esters is 1. The molecule has 0 aliphatic carbocycles. The van der Waals surface area contributed by atoms with Crippen LogP contribution in [0.2, 0.25) is 5.02 Å². The second-order valence-corrected chi connectivity index (χ2v) is 6.07. The molecule has 1 N–H and O–H groups in total. The summed E-state index contributed by atoms with van der Waals surface area (Å²) in [7, 11) is 1.17. The minimum Gasteiger partial charge on any atom is -0.465 e. The standard InChI is InChI=1S/C12H6Br2ClF3N2O2/c1-22-11(21)5-2-4(6(13)3-7(5)15)10-19-8(9(14)20-10)12(16,17)18/h2-3H,1H3,(H,19,20). The second kappa shape index (κ2) is 6.21. The molecule has 1 aromatic carbocycles. The number of ether oxygens (including phenoxy) is 1. The molecular weight excluding hydrogens is 456 g/mol. The van der Waals surface area contributed by atoms with Crippen LogP contribution in [0.15, 0.2) is 21.2 Å². The van der Waals surface area contributed by atoms with Crippen LogP contribution < -0.4 is 0 Å². The summed E-state index contributed by atoms with van der Waals surface area (Å²) >= 11 is 11.9. The van der Waals surface area contributed by atoms with Gasteiger partial charge in [0, 0.05) is 10.0 Å². The number of alkyl halides is 3. The Labute approximate surface area is 144 Å². The van der Waals surface area contributed by atoms with Gasteiger partial charge in [0.15, 0.2) is 5.69 Å². The topological polar surface area (TPSA) is 55.0 Å². The summed E-state index contributed by atoms with van der Waals surface area (Å²) in [6, 6.07) is 2.68. The van der Waals surface area contributed by atoms with E-state index >= 15 is 0 Å². The maximum atomic E-state index is 12.8. The number of aromatic amines is 1. The second-order valence-electron chi connectivity index (χ2n) is 4.05. The third kappa shape index (κ3) is 3.31. The Kier molecular flexibility index (Phi) is 4.88. The Morgan fingerprint density at radius 3 is 2.50 bits per heavy atom. The van der Waals surface area contributed by atoms with E-state index in [1.807, 2.05) is 0 Å². The lowest BCUT2D eigenvalue weighted by Crippen LogP contribution is -2.06. The number of imidazole rings is 1. The zero-order chi connectivity index (χ0) is 16.7. The molecule has 2 aromatic rings. The van der Waals surface area contributed by atoms with Gasteiger partial charge in [0.2, 0.25) is 0 Å². The van der Waals surface area contributed by atoms with Crippen molar-refractivity contribution in [3.8, 4) is 11.4 Å². The highest BCUT2D eigenvalue weighted by Gasteiger charge is 2.36. The molecule has 0 aliphatic rings. The number of H-pyrrole nitrogens is 1. The van der Waals surface area contributed by atoms with E-state index in [0.717, 1.165) is 0 Å². The van der Waals surface area contributed by atoms with Crippen LogP contribution in [-0.2, 0) is 10.9 Å². The zero-order valence-electron chi connectivity index (χ0n) is 10.7. The fourth-order valence-corrected chi connectivity index (χ4v) is 3.07. The first-order chi connectivity index (χ1) is 10.1. The van der Waals surface area contributed by atoms with E-state index < -0.39 is 17.8 Å². The summed E-state index contributed by atoms with van der Waals surface area (Å²) < 4.78 is 43.0. The molecule has 10 heteroatoms. The molecule has 0 saturated heterocycles. The molecular formula is C12H6Br2ClF3N2O2. The van der Waals surface area contributed by atoms with E-state index in [1.165, 1.54) is 19.2 Å². The van der Waals surface area contributed by atoms with E-state index in [4.69, 9.17) is 11.6 Å². The SMILES string of the molecule is COC(=O)c1cc(-c2nc(Br)c(C(F)(F)F)[nH]2)c(Br)cc1Cl. The average Bonchev–Trinajstić information content (AvgIpc) is 2.80. The van der Waals surface area contributed by atoms with Gasteiger partial charge >= 0.3 is 12.1 Å². The molecule has 2 rings (SSSR count). The Morgan fingerprint density at radius 2 is 2.00 bits per heavy atom. The third-order valence-corrected chi connectivity index (χ3v) is 4.20. The number of aromatic nitrogens is 2. The summed E-state index contributed by atoms with van der Waals surface area (Å²) in [6.07, 6.45) is -4.59. The minimum absolute atomic E-state index is 0.0171. The van der Waals surface area contributed by atoms with E-state index in [0.29, 0.717) is 4.47 Å². The molecule has 4 nitrogen and oxygen atoms in total.